The van der Waals surface area contributed by atoms with Crippen LogP contribution in [-0.4, -0.2) is 16.5 Å². The van der Waals surface area contributed by atoms with Gasteiger partial charge in [-0.15, -0.1) is 11.8 Å². The Bertz CT molecular complexity index is 587. The van der Waals surface area contributed by atoms with Crippen molar-refractivity contribution in [1.29, 1.82) is 0 Å². The predicted octanol–water partition coefficient (Wildman–Crippen LogP) is 4.40. The number of aryl methyl sites for hydroxylation is 1. The highest BCUT2D eigenvalue weighted by atomic mass is 35.5. The van der Waals surface area contributed by atoms with Crippen LogP contribution in [0.2, 0.25) is 5.02 Å². The molecule has 0 amide bonds. The number of benzene rings is 1. The van der Waals surface area contributed by atoms with E-state index in [9.17, 15) is 0 Å². The quantitative estimate of drug-likeness (QED) is 0.800. The van der Waals surface area contributed by atoms with Gasteiger partial charge in [0.05, 0.1) is 5.75 Å². The van der Waals surface area contributed by atoms with Crippen LogP contribution in [0.4, 0.5) is 0 Å². The number of nitrogens with zero attached hydrogens (tertiary/aromatic N) is 2. The highest BCUT2D eigenvalue weighted by molar-refractivity contribution is 7.98. The van der Waals surface area contributed by atoms with E-state index in [-0.39, 0.29) is 6.04 Å². The Kier molecular flexibility index (Phi) is 6.03. The summed E-state index contributed by atoms with van der Waals surface area (Å²) >= 11 is 7.60. The van der Waals surface area contributed by atoms with Crippen molar-refractivity contribution in [3.63, 3.8) is 0 Å². The summed E-state index contributed by atoms with van der Waals surface area (Å²) in [6, 6.07) is 8.12. The third-order valence-corrected chi connectivity index (χ3v) is 4.49. The molecule has 1 unspecified atom stereocenters. The molecular weight excluding hydrogens is 302 g/mol. The van der Waals surface area contributed by atoms with Crippen molar-refractivity contribution >= 4 is 23.4 Å². The van der Waals surface area contributed by atoms with Crippen LogP contribution in [-0.2, 0) is 5.75 Å². The van der Waals surface area contributed by atoms with Crippen LogP contribution in [0.3, 0.4) is 0 Å². The topological polar surface area (TPSA) is 37.8 Å². The van der Waals surface area contributed by atoms with Crippen molar-refractivity contribution in [1.82, 2.24) is 15.3 Å². The highest BCUT2D eigenvalue weighted by Crippen LogP contribution is 2.23. The first-order valence-electron chi connectivity index (χ1n) is 7.04. The largest absolute Gasteiger partial charge is 0.310 e. The Morgan fingerprint density at radius 3 is 2.62 bits per heavy atom. The molecule has 5 heteroatoms. The van der Waals surface area contributed by atoms with Crippen LogP contribution < -0.4 is 5.32 Å². The van der Waals surface area contributed by atoms with Crippen molar-refractivity contribution in [2.45, 2.75) is 37.5 Å². The van der Waals surface area contributed by atoms with E-state index in [1.54, 1.807) is 11.8 Å². The standard InChI is InChI=1S/C16H20ClN3S/c1-4-18-11(2)15-9-19-16(20-12(15)3)10-21-14-7-5-13(17)6-8-14/h5-9,11,18H,4,10H2,1-3H3. The van der Waals surface area contributed by atoms with E-state index in [2.05, 4.69) is 29.1 Å². The van der Waals surface area contributed by atoms with E-state index in [1.807, 2.05) is 37.4 Å². The third-order valence-electron chi connectivity index (χ3n) is 3.23. The normalized spacial score (nSPS) is 12.4. The van der Waals surface area contributed by atoms with E-state index in [0.29, 0.717) is 0 Å². The fraction of sp³-hybridized carbons (Fsp3) is 0.375. The highest BCUT2D eigenvalue weighted by Gasteiger charge is 2.10. The SMILES string of the molecule is CCNC(C)c1cnc(CSc2ccc(Cl)cc2)nc1C. The molecule has 1 aromatic carbocycles. The van der Waals surface area contributed by atoms with E-state index in [1.165, 1.54) is 4.90 Å². The van der Waals surface area contributed by atoms with E-state index in [0.717, 1.165) is 34.4 Å². The number of thioether (sulfide) groups is 1. The van der Waals surface area contributed by atoms with Gasteiger partial charge in [0.25, 0.3) is 0 Å². The van der Waals surface area contributed by atoms with Crippen LogP contribution in [0.25, 0.3) is 0 Å². The Morgan fingerprint density at radius 2 is 2.00 bits per heavy atom. The van der Waals surface area contributed by atoms with Crippen LogP contribution in [0.1, 0.15) is 37.0 Å². The zero-order valence-electron chi connectivity index (χ0n) is 12.6. The van der Waals surface area contributed by atoms with Gasteiger partial charge in [-0.25, -0.2) is 9.97 Å². The summed E-state index contributed by atoms with van der Waals surface area (Å²) in [6.07, 6.45) is 1.94. The first-order valence-corrected chi connectivity index (χ1v) is 8.40. The first-order chi connectivity index (χ1) is 10.1. The average Bonchev–Trinajstić information content (AvgIpc) is 2.47. The van der Waals surface area contributed by atoms with Crippen molar-refractivity contribution in [2.75, 3.05) is 6.54 Å². The average molecular weight is 322 g/mol. The Morgan fingerprint density at radius 1 is 1.29 bits per heavy atom. The predicted molar refractivity (Wildman–Crippen MR) is 89.9 cm³/mol. The van der Waals surface area contributed by atoms with Gasteiger partial charge >= 0.3 is 0 Å². The number of aromatic nitrogens is 2. The van der Waals surface area contributed by atoms with E-state index in [4.69, 9.17) is 11.6 Å². The van der Waals surface area contributed by atoms with Gasteiger partial charge in [0.2, 0.25) is 0 Å². The summed E-state index contributed by atoms with van der Waals surface area (Å²) in [6.45, 7) is 7.22. The minimum atomic E-state index is 0.285. The Hall–Kier alpha value is -1.10. The second-order valence-corrected chi connectivity index (χ2v) is 6.33. The summed E-state index contributed by atoms with van der Waals surface area (Å²) in [5.74, 6) is 1.62. The second kappa shape index (κ2) is 7.78. The molecule has 1 N–H and O–H groups in total. The van der Waals surface area contributed by atoms with Gasteiger partial charge < -0.3 is 5.32 Å². The van der Waals surface area contributed by atoms with E-state index < -0.39 is 0 Å². The number of rotatable bonds is 6. The maximum absolute atomic E-state index is 5.88. The lowest BCUT2D eigenvalue weighted by Crippen LogP contribution is -2.19. The van der Waals surface area contributed by atoms with Gasteiger partial charge in [-0.1, -0.05) is 18.5 Å². The Labute approximate surface area is 135 Å². The molecule has 1 aromatic heterocycles. The lowest BCUT2D eigenvalue weighted by atomic mass is 10.1. The molecule has 112 valence electrons. The number of hydrogen-bond donors (Lipinski definition) is 1. The summed E-state index contributed by atoms with van der Waals surface area (Å²) < 4.78 is 0. The number of hydrogen-bond acceptors (Lipinski definition) is 4. The molecule has 0 aliphatic carbocycles. The van der Waals surface area contributed by atoms with Crippen LogP contribution in [0.15, 0.2) is 35.4 Å². The van der Waals surface area contributed by atoms with Crippen molar-refractivity contribution in [3.8, 4) is 0 Å². The molecule has 2 aromatic rings. The summed E-state index contributed by atoms with van der Waals surface area (Å²) in [4.78, 5) is 10.3. The molecule has 0 fully saturated rings. The molecule has 0 spiro atoms. The van der Waals surface area contributed by atoms with Gasteiger partial charge in [-0.05, 0) is 44.7 Å². The molecular formula is C16H20ClN3S. The maximum atomic E-state index is 5.88. The van der Waals surface area contributed by atoms with E-state index >= 15 is 0 Å². The molecule has 2 rings (SSSR count). The molecule has 0 bridgehead atoms. The monoisotopic (exact) mass is 321 g/mol. The smallest absolute Gasteiger partial charge is 0.138 e. The zero-order valence-corrected chi connectivity index (χ0v) is 14.1. The molecule has 21 heavy (non-hydrogen) atoms. The fourth-order valence-electron chi connectivity index (χ4n) is 2.11. The van der Waals surface area contributed by atoms with Crippen LogP contribution in [0, 0.1) is 6.92 Å². The first kappa shape index (κ1) is 16.3. The molecule has 3 nitrogen and oxygen atoms in total. The van der Waals surface area contributed by atoms with Crippen LogP contribution in [0.5, 0.6) is 0 Å². The third kappa shape index (κ3) is 4.70. The van der Waals surface area contributed by atoms with Gasteiger partial charge in [-0.3, -0.25) is 0 Å². The lowest BCUT2D eigenvalue weighted by molar-refractivity contribution is 0.589. The number of nitrogens with one attached hydrogen (secondary N) is 1. The molecule has 1 atom stereocenters. The molecule has 0 saturated carbocycles. The van der Waals surface area contributed by atoms with Crippen molar-refractivity contribution in [3.05, 3.63) is 52.6 Å². The fourth-order valence-corrected chi connectivity index (χ4v) is 3.00. The van der Waals surface area contributed by atoms with Gasteiger partial charge in [0.15, 0.2) is 0 Å². The maximum Gasteiger partial charge on any atom is 0.138 e. The molecule has 0 aliphatic rings. The van der Waals surface area contributed by atoms with Gasteiger partial charge in [0.1, 0.15) is 5.82 Å². The van der Waals surface area contributed by atoms with Gasteiger partial charge in [-0.2, -0.15) is 0 Å². The lowest BCUT2D eigenvalue weighted by Gasteiger charge is -2.14. The van der Waals surface area contributed by atoms with Crippen molar-refractivity contribution < 1.29 is 0 Å². The molecule has 0 aliphatic heterocycles. The Balaban J connectivity index is 2.01. The van der Waals surface area contributed by atoms with Gasteiger partial charge in [0, 0.05) is 33.4 Å². The van der Waals surface area contributed by atoms with Crippen LogP contribution >= 0.6 is 23.4 Å². The van der Waals surface area contributed by atoms with Crippen molar-refractivity contribution in [2.24, 2.45) is 0 Å². The minimum absolute atomic E-state index is 0.285. The molecule has 0 radical (unpaired) electrons. The summed E-state index contributed by atoms with van der Waals surface area (Å²) in [7, 11) is 0. The second-order valence-electron chi connectivity index (χ2n) is 4.85. The summed E-state index contributed by atoms with van der Waals surface area (Å²) in [5.41, 5.74) is 2.21. The summed E-state index contributed by atoms with van der Waals surface area (Å²) in [5, 5.41) is 4.15. The number of halogens is 1. The minimum Gasteiger partial charge on any atom is -0.310 e. The zero-order chi connectivity index (χ0) is 15.2. The molecule has 0 saturated heterocycles. The molecule has 1 heterocycles.